The molecule has 0 bridgehead atoms. The van der Waals surface area contributed by atoms with E-state index in [0.29, 0.717) is 31.1 Å². The van der Waals surface area contributed by atoms with E-state index in [-0.39, 0.29) is 17.3 Å². The molecule has 0 radical (unpaired) electrons. The van der Waals surface area contributed by atoms with Crippen molar-refractivity contribution in [2.45, 2.75) is 26.7 Å². The number of hydrogen-bond acceptors (Lipinski definition) is 5. The SMILES string of the molecule is CCCCS(=O)(=O)OS1(CC(C)=O)CCOCC1. The molecule has 1 rings (SSSR count). The first-order valence-corrected chi connectivity index (χ1v) is 9.81. The van der Waals surface area contributed by atoms with Crippen molar-refractivity contribution in [2.75, 3.05) is 36.2 Å². The lowest BCUT2D eigenvalue weighted by Gasteiger charge is -2.40. The first-order valence-electron chi connectivity index (χ1n) is 6.16. The zero-order valence-corrected chi connectivity index (χ0v) is 12.6. The topological polar surface area (TPSA) is 69.7 Å². The molecule has 1 aliphatic rings. The number of ketones is 1. The van der Waals surface area contributed by atoms with Crippen LogP contribution in [0.2, 0.25) is 0 Å². The first kappa shape index (κ1) is 15.9. The van der Waals surface area contributed by atoms with E-state index in [2.05, 4.69) is 0 Å². The second-order valence-electron chi connectivity index (χ2n) is 4.52. The summed E-state index contributed by atoms with van der Waals surface area (Å²) < 4.78 is 34.5. The smallest absolute Gasteiger partial charge is 0.276 e. The number of carbonyl (C=O) groups excluding carboxylic acids is 1. The summed E-state index contributed by atoms with van der Waals surface area (Å²) >= 11 is 0. The fourth-order valence-electron chi connectivity index (χ4n) is 1.81. The predicted molar refractivity (Wildman–Crippen MR) is 73.5 cm³/mol. The van der Waals surface area contributed by atoms with Gasteiger partial charge in [-0.3, -0.25) is 4.79 Å². The van der Waals surface area contributed by atoms with Gasteiger partial charge in [-0.2, -0.15) is 8.42 Å². The fourth-order valence-corrected chi connectivity index (χ4v) is 7.29. The Hall–Kier alpha value is -0.110. The fraction of sp³-hybridized carbons (Fsp3) is 0.909. The molecule has 0 aromatic rings. The van der Waals surface area contributed by atoms with Crippen LogP contribution in [0, 0.1) is 0 Å². The number of hydrogen-bond donors (Lipinski definition) is 0. The largest absolute Gasteiger partial charge is 0.380 e. The van der Waals surface area contributed by atoms with Crippen LogP contribution in [-0.2, 0) is 23.3 Å². The Bertz CT molecular complexity index is 371. The van der Waals surface area contributed by atoms with Crippen LogP contribution in [-0.4, -0.2) is 50.4 Å². The number of ether oxygens (including phenoxy) is 1. The van der Waals surface area contributed by atoms with Gasteiger partial charge in [0.2, 0.25) is 0 Å². The molecule has 0 atom stereocenters. The Kier molecular flexibility index (Phi) is 6.10. The van der Waals surface area contributed by atoms with Gasteiger partial charge in [-0.05, 0) is 13.3 Å². The predicted octanol–water partition coefficient (Wildman–Crippen LogP) is 1.47. The highest BCUT2D eigenvalue weighted by molar-refractivity contribution is 8.33. The lowest BCUT2D eigenvalue weighted by atomic mass is 10.4. The van der Waals surface area contributed by atoms with Gasteiger partial charge in [-0.1, -0.05) is 13.3 Å². The van der Waals surface area contributed by atoms with Gasteiger partial charge in [-0.15, -0.1) is 10.3 Å². The quantitative estimate of drug-likeness (QED) is 0.712. The van der Waals surface area contributed by atoms with Crippen LogP contribution in [0.5, 0.6) is 0 Å². The molecule has 0 saturated carbocycles. The molecule has 0 amide bonds. The van der Waals surface area contributed by atoms with E-state index in [1.54, 1.807) is 0 Å². The first-order chi connectivity index (χ1) is 8.39. The highest BCUT2D eigenvalue weighted by Crippen LogP contribution is 2.51. The molecule has 1 saturated heterocycles. The van der Waals surface area contributed by atoms with Crippen LogP contribution >= 0.6 is 10.3 Å². The minimum atomic E-state index is -3.52. The van der Waals surface area contributed by atoms with Gasteiger partial charge in [0.25, 0.3) is 10.1 Å². The van der Waals surface area contributed by atoms with Crippen LogP contribution in [0.1, 0.15) is 26.7 Å². The average molecular weight is 298 g/mol. The zero-order valence-electron chi connectivity index (χ0n) is 11.0. The summed E-state index contributed by atoms with van der Waals surface area (Å²) in [4.78, 5) is 11.3. The van der Waals surface area contributed by atoms with Gasteiger partial charge < -0.3 is 4.74 Å². The average Bonchev–Trinajstić information content (AvgIpc) is 2.25. The third kappa shape index (κ3) is 5.26. The number of Topliss-reactive ketones (excluding diaryl/α,β-unsaturated/α-hetero) is 1. The number of carbonyl (C=O) groups is 1. The van der Waals surface area contributed by atoms with Crippen molar-refractivity contribution in [3.8, 4) is 0 Å². The minimum absolute atomic E-state index is 0.0161. The van der Waals surface area contributed by atoms with E-state index < -0.39 is 20.4 Å². The standard InChI is InChI=1S/C11H22O5S2/c1-3-4-7-18(13,14)16-17(10-11(2)12)8-5-15-6-9-17/h3-10H2,1-2H3. The van der Waals surface area contributed by atoms with E-state index in [1.165, 1.54) is 6.92 Å². The third-order valence-corrected chi connectivity index (χ3v) is 8.19. The summed E-state index contributed by atoms with van der Waals surface area (Å²) in [5.74, 6) is 1.33. The Labute approximate surface area is 111 Å². The molecule has 1 aliphatic heterocycles. The van der Waals surface area contributed by atoms with Gasteiger partial charge in [0, 0.05) is 11.5 Å². The van der Waals surface area contributed by atoms with Gasteiger partial charge in [0.15, 0.2) is 0 Å². The summed E-state index contributed by atoms with van der Waals surface area (Å²) in [5.41, 5.74) is 0. The summed E-state index contributed by atoms with van der Waals surface area (Å²) in [6.07, 6.45) is 1.40. The lowest BCUT2D eigenvalue weighted by molar-refractivity contribution is -0.114. The summed E-state index contributed by atoms with van der Waals surface area (Å²) in [6, 6.07) is 0. The minimum Gasteiger partial charge on any atom is -0.380 e. The summed E-state index contributed by atoms with van der Waals surface area (Å²) in [7, 11) is -5.37. The van der Waals surface area contributed by atoms with Crippen molar-refractivity contribution >= 4 is 26.2 Å². The Balaban J connectivity index is 2.74. The van der Waals surface area contributed by atoms with Crippen molar-refractivity contribution in [1.29, 1.82) is 0 Å². The van der Waals surface area contributed by atoms with E-state index in [4.69, 9.17) is 8.37 Å². The van der Waals surface area contributed by atoms with Crippen LogP contribution in [0.4, 0.5) is 0 Å². The molecule has 18 heavy (non-hydrogen) atoms. The Morgan fingerprint density at radius 1 is 1.33 bits per heavy atom. The van der Waals surface area contributed by atoms with E-state index in [9.17, 15) is 13.2 Å². The van der Waals surface area contributed by atoms with E-state index in [1.807, 2.05) is 6.92 Å². The molecule has 0 N–H and O–H groups in total. The van der Waals surface area contributed by atoms with E-state index in [0.717, 1.165) is 6.42 Å². The van der Waals surface area contributed by atoms with Crippen LogP contribution in [0.25, 0.3) is 0 Å². The van der Waals surface area contributed by atoms with Crippen LogP contribution in [0.3, 0.4) is 0 Å². The third-order valence-electron chi connectivity index (χ3n) is 2.66. The van der Waals surface area contributed by atoms with Gasteiger partial charge in [0.1, 0.15) is 5.78 Å². The number of rotatable bonds is 7. The van der Waals surface area contributed by atoms with Crippen LogP contribution in [0.15, 0.2) is 0 Å². The molecule has 0 aromatic carbocycles. The summed E-state index contributed by atoms with van der Waals surface area (Å²) in [6.45, 7) is 4.37. The molecule has 7 heteroatoms. The van der Waals surface area contributed by atoms with Crippen molar-refractivity contribution in [2.24, 2.45) is 0 Å². The monoisotopic (exact) mass is 298 g/mol. The molecular weight excluding hydrogens is 276 g/mol. The molecule has 0 unspecified atom stereocenters. The van der Waals surface area contributed by atoms with Gasteiger partial charge in [0.05, 0.1) is 24.7 Å². The normalized spacial score (nSPS) is 21.4. The Morgan fingerprint density at radius 2 is 1.94 bits per heavy atom. The van der Waals surface area contributed by atoms with Crippen molar-refractivity contribution in [1.82, 2.24) is 0 Å². The second-order valence-corrected chi connectivity index (χ2v) is 9.62. The maximum atomic E-state index is 11.9. The second kappa shape index (κ2) is 6.88. The lowest BCUT2D eigenvalue weighted by Crippen LogP contribution is -2.32. The molecule has 108 valence electrons. The van der Waals surface area contributed by atoms with Gasteiger partial charge >= 0.3 is 0 Å². The summed E-state index contributed by atoms with van der Waals surface area (Å²) in [5, 5.41) is 0. The maximum absolute atomic E-state index is 11.9. The maximum Gasteiger partial charge on any atom is 0.276 e. The molecule has 1 heterocycles. The van der Waals surface area contributed by atoms with Gasteiger partial charge in [-0.25, -0.2) is 3.63 Å². The van der Waals surface area contributed by atoms with Crippen molar-refractivity contribution in [3.05, 3.63) is 0 Å². The zero-order chi connectivity index (χ0) is 13.6. The molecule has 5 nitrogen and oxygen atoms in total. The van der Waals surface area contributed by atoms with E-state index >= 15 is 0 Å². The molecule has 0 aliphatic carbocycles. The molecule has 0 aromatic heterocycles. The highest BCUT2D eigenvalue weighted by atomic mass is 32.3. The molecule has 0 spiro atoms. The molecular formula is C11H22O5S2. The van der Waals surface area contributed by atoms with Crippen LogP contribution < -0.4 is 0 Å². The van der Waals surface area contributed by atoms with Crippen molar-refractivity contribution < 1.29 is 21.6 Å². The number of unbranched alkanes of at least 4 members (excludes halogenated alkanes) is 1. The molecule has 1 fully saturated rings. The van der Waals surface area contributed by atoms with Crippen molar-refractivity contribution in [3.63, 3.8) is 0 Å². The Morgan fingerprint density at radius 3 is 2.44 bits per heavy atom. The highest BCUT2D eigenvalue weighted by Gasteiger charge is 2.34.